The highest BCUT2D eigenvalue weighted by atomic mass is 16.6. The molecule has 1 saturated heterocycles. The number of rotatable bonds is 5. The Bertz CT molecular complexity index is 895. The molecule has 1 N–H and O–H groups in total. The first-order valence-electron chi connectivity index (χ1n) is 10.4. The third kappa shape index (κ3) is 3.35. The van der Waals surface area contributed by atoms with Gasteiger partial charge < -0.3 is 14.6 Å². The highest BCUT2D eigenvalue weighted by molar-refractivity contribution is 6.40. The Kier molecular flexibility index (Phi) is 4.66. The number of carbonyl (C=O) groups is 1. The van der Waals surface area contributed by atoms with Crippen molar-refractivity contribution in [1.29, 1.82) is 0 Å². The Morgan fingerprint density at radius 2 is 2.17 bits per heavy atom. The van der Waals surface area contributed by atoms with Gasteiger partial charge >= 0.3 is 0 Å². The summed E-state index contributed by atoms with van der Waals surface area (Å²) in [6.45, 7) is 3.33. The van der Waals surface area contributed by atoms with Crippen LogP contribution in [0.25, 0.3) is 0 Å². The quantitative estimate of drug-likeness (QED) is 0.835. The molecule has 1 amide bonds. The van der Waals surface area contributed by atoms with Gasteiger partial charge in [0.1, 0.15) is 11.9 Å². The average molecular weight is 397 g/mol. The van der Waals surface area contributed by atoms with E-state index in [-0.39, 0.29) is 23.3 Å². The summed E-state index contributed by atoms with van der Waals surface area (Å²) in [7, 11) is 1.99. The fraction of sp³-hybridized carbons (Fsp3) is 0.571. The number of carbonyl (C=O) groups excluding carboxylic acids is 1. The van der Waals surface area contributed by atoms with Crippen LogP contribution in [-0.2, 0) is 29.8 Å². The van der Waals surface area contributed by atoms with E-state index in [2.05, 4.69) is 26.5 Å². The zero-order valence-electron chi connectivity index (χ0n) is 16.7. The third-order valence-electron chi connectivity index (χ3n) is 6.94. The lowest BCUT2D eigenvalue weighted by Gasteiger charge is -2.42. The van der Waals surface area contributed by atoms with Gasteiger partial charge in [-0.1, -0.05) is 5.16 Å². The summed E-state index contributed by atoms with van der Waals surface area (Å²) in [6, 6.07) is 5.75. The molecule has 8 heteroatoms. The number of nitrogens with zero attached hydrogens (tertiary/aromatic N) is 4. The number of nitrogens with one attached hydrogen (secondary N) is 1. The lowest BCUT2D eigenvalue weighted by Crippen LogP contribution is -2.47. The lowest BCUT2D eigenvalue weighted by molar-refractivity contribution is -0.115. The molecule has 1 spiro atoms. The van der Waals surface area contributed by atoms with Crippen LogP contribution in [-0.4, -0.2) is 45.5 Å². The van der Waals surface area contributed by atoms with Crippen LogP contribution in [0.4, 0.5) is 0 Å². The summed E-state index contributed by atoms with van der Waals surface area (Å²) in [5.41, 5.74) is 1.92. The van der Waals surface area contributed by atoms with Gasteiger partial charge in [0.2, 0.25) is 0 Å². The molecule has 0 aromatic carbocycles. The number of fused-ring (bicyclic) bond motifs is 2. The molecule has 8 nitrogen and oxygen atoms in total. The average Bonchev–Trinajstić information content (AvgIpc) is 3.50. The Morgan fingerprint density at radius 1 is 1.31 bits per heavy atom. The molecule has 2 aromatic rings. The van der Waals surface area contributed by atoms with Crippen LogP contribution in [0.5, 0.6) is 0 Å². The largest absolute Gasteiger partial charge is 0.467 e. The summed E-state index contributed by atoms with van der Waals surface area (Å²) >= 11 is 0. The van der Waals surface area contributed by atoms with E-state index in [1.54, 1.807) is 6.26 Å². The monoisotopic (exact) mass is 397 g/mol. The number of likely N-dealkylation sites (tertiary alicyclic amines) is 1. The second-order valence-corrected chi connectivity index (χ2v) is 8.48. The van der Waals surface area contributed by atoms with E-state index in [0.717, 1.165) is 51.1 Å². The molecule has 4 heterocycles. The smallest absolute Gasteiger partial charge is 0.269 e. The van der Waals surface area contributed by atoms with Crippen LogP contribution < -0.4 is 5.32 Å². The molecule has 5 rings (SSSR count). The Labute approximate surface area is 169 Å². The molecular weight excluding hydrogens is 370 g/mol. The molecule has 2 aliphatic heterocycles. The number of furan rings is 1. The van der Waals surface area contributed by atoms with Crippen LogP contribution in [0.3, 0.4) is 0 Å². The lowest BCUT2D eigenvalue weighted by atomic mass is 9.68. The van der Waals surface area contributed by atoms with Gasteiger partial charge in [-0.2, -0.15) is 5.10 Å². The summed E-state index contributed by atoms with van der Waals surface area (Å²) in [5, 5.41) is 11.4. The second kappa shape index (κ2) is 7.33. The summed E-state index contributed by atoms with van der Waals surface area (Å²) < 4.78 is 7.25. The topological polar surface area (TPSA) is 84.9 Å². The predicted molar refractivity (Wildman–Crippen MR) is 106 cm³/mol. The normalized spacial score (nSPS) is 25.6. The summed E-state index contributed by atoms with van der Waals surface area (Å²) in [5.74, 6) is 0.699. The first kappa shape index (κ1) is 18.4. The van der Waals surface area contributed by atoms with Gasteiger partial charge in [-0.05, 0) is 62.4 Å². The van der Waals surface area contributed by atoms with Gasteiger partial charge in [0.25, 0.3) is 5.91 Å². The van der Waals surface area contributed by atoms with Crippen LogP contribution in [0.2, 0.25) is 0 Å². The van der Waals surface area contributed by atoms with Gasteiger partial charge in [-0.25, -0.2) is 0 Å². The maximum atomic E-state index is 12.8. The minimum Gasteiger partial charge on any atom is -0.467 e. The Balaban J connectivity index is 1.24. The Hall–Kier alpha value is -2.61. The zero-order valence-corrected chi connectivity index (χ0v) is 16.7. The Morgan fingerprint density at radius 3 is 2.90 bits per heavy atom. The van der Waals surface area contributed by atoms with Crippen molar-refractivity contribution >= 4 is 11.6 Å². The van der Waals surface area contributed by atoms with Gasteiger partial charge in [0.05, 0.1) is 24.4 Å². The molecule has 29 heavy (non-hydrogen) atoms. The fourth-order valence-corrected chi connectivity index (χ4v) is 5.26. The van der Waals surface area contributed by atoms with Crippen LogP contribution in [0.15, 0.2) is 40.2 Å². The number of hydrogen-bond acceptors (Lipinski definition) is 6. The minimum absolute atomic E-state index is 0.0444. The van der Waals surface area contributed by atoms with E-state index in [1.165, 1.54) is 5.69 Å². The van der Waals surface area contributed by atoms with E-state index in [1.807, 2.05) is 30.1 Å². The zero-order chi connectivity index (χ0) is 19.8. The molecular formula is C21H27N5O3. The molecule has 154 valence electrons. The molecule has 0 bridgehead atoms. The molecule has 1 aliphatic carbocycles. The van der Waals surface area contributed by atoms with Gasteiger partial charge in [0, 0.05) is 19.8 Å². The van der Waals surface area contributed by atoms with Gasteiger partial charge in [-0.15, -0.1) is 0 Å². The molecule has 2 aromatic heterocycles. The highest BCUT2D eigenvalue weighted by Gasteiger charge is 2.56. The molecule has 0 unspecified atom stereocenters. The second-order valence-electron chi connectivity index (χ2n) is 8.48. The van der Waals surface area contributed by atoms with E-state index in [4.69, 9.17) is 9.25 Å². The van der Waals surface area contributed by atoms with Gasteiger partial charge in [-0.3, -0.25) is 14.4 Å². The fourth-order valence-electron chi connectivity index (χ4n) is 5.26. The number of piperidine rings is 1. The van der Waals surface area contributed by atoms with Crippen molar-refractivity contribution in [3.05, 3.63) is 42.1 Å². The summed E-state index contributed by atoms with van der Waals surface area (Å²) in [6.07, 6.45) is 7.72. The van der Waals surface area contributed by atoms with Crippen molar-refractivity contribution in [3.63, 3.8) is 0 Å². The van der Waals surface area contributed by atoms with E-state index >= 15 is 0 Å². The molecule has 1 saturated carbocycles. The van der Waals surface area contributed by atoms with Crippen molar-refractivity contribution in [1.82, 2.24) is 20.0 Å². The number of aryl methyl sites for hydroxylation is 1. The van der Waals surface area contributed by atoms with Crippen molar-refractivity contribution < 1.29 is 14.0 Å². The number of aromatic nitrogens is 2. The molecule has 0 radical (unpaired) electrons. The van der Waals surface area contributed by atoms with Crippen LogP contribution >= 0.6 is 0 Å². The van der Waals surface area contributed by atoms with Crippen molar-refractivity contribution in [3.8, 4) is 0 Å². The van der Waals surface area contributed by atoms with Crippen molar-refractivity contribution in [2.75, 3.05) is 13.1 Å². The standard InChI is InChI=1S/C21H27N5O3/c1-25-15(5-9-23-25)14-26-10-7-21(8-11-26)6-4-17-18(21)19(24-29-17)20(27)22-13-16-3-2-12-28-16/h2-3,5,9,12,17-18H,4,6-8,10-11,13-14H2,1H3,(H,22,27)/t17-,18+/m0/s1. The number of amides is 1. The molecule has 2 fully saturated rings. The number of hydrogen-bond donors (Lipinski definition) is 1. The third-order valence-corrected chi connectivity index (χ3v) is 6.94. The maximum absolute atomic E-state index is 12.8. The SMILES string of the molecule is Cn1nccc1CN1CCC2(CC[C@@H]3ON=C(C(=O)NCc4ccco4)[C@@H]32)CC1. The van der Waals surface area contributed by atoms with Gasteiger partial charge in [0.15, 0.2) is 5.71 Å². The first-order valence-corrected chi connectivity index (χ1v) is 10.4. The van der Waals surface area contributed by atoms with E-state index in [0.29, 0.717) is 12.3 Å². The molecule has 2 atom stereocenters. The van der Waals surface area contributed by atoms with Crippen LogP contribution in [0.1, 0.15) is 37.1 Å². The highest BCUT2D eigenvalue weighted by Crippen LogP contribution is 2.54. The van der Waals surface area contributed by atoms with E-state index < -0.39 is 0 Å². The van der Waals surface area contributed by atoms with Crippen LogP contribution in [0, 0.1) is 11.3 Å². The van der Waals surface area contributed by atoms with Crippen molar-refractivity contribution in [2.45, 2.75) is 44.9 Å². The predicted octanol–water partition coefficient (Wildman–Crippen LogP) is 2.08. The molecule has 3 aliphatic rings. The number of oxime groups is 1. The van der Waals surface area contributed by atoms with Crippen molar-refractivity contribution in [2.24, 2.45) is 23.5 Å². The first-order chi connectivity index (χ1) is 14.1. The van der Waals surface area contributed by atoms with E-state index in [9.17, 15) is 4.79 Å². The summed E-state index contributed by atoms with van der Waals surface area (Å²) in [4.78, 5) is 21.0. The maximum Gasteiger partial charge on any atom is 0.269 e. The minimum atomic E-state index is -0.132.